The summed E-state index contributed by atoms with van der Waals surface area (Å²) >= 11 is 5.83. The van der Waals surface area contributed by atoms with Gasteiger partial charge in [0.15, 0.2) is 0 Å². The number of carbonyl (C=O) groups excluding carboxylic acids is 3. The molecule has 0 atom stereocenters. The molecule has 0 saturated heterocycles. The fraction of sp³-hybridized carbons (Fsp3) is 0.400. The molecular formula is C15H19ClFN3O4. The molecule has 1 rings (SSSR count). The fourth-order valence-corrected chi connectivity index (χ4v) is 2.00. The van der Waals surface area contributed by atoms with Gasteiger partial charge in [0, 0.05) is 0 Å². The number of hydrogen-bond donors (Lipinski definition) is 2. The van der Waals surface area contributed by atoms with Crippen molar-refractivity contribution in [3.05, 3.63) is 29.0 Å². The first-order valence-corrected chi connectivity index (χ1v) is 7.67. The van der Waals surface area contributed by atoms with Gasteiger partial charge in [-0.1, -0.05) is 18.5 Å². The molecule has 0 unspecified atom stereocenters. The third-order valence-electron chi connectivity index (χ3n) is 2.90. The van der Waals surface area contributed by atoms with Crippen molar-refractivity contribution in [2.24, 2.45) is 0 Å². The molecule has 1 aromatic carbocycles. The van der Waals surface area contributed by atoms with Gasteiger partial charge in [0.2, 0.25) is 11.8 Å². The minimum atomic E-state index is -0.832. The van der Waals surface area contributed by atoms with Crippen LogP contribution in [0.3, 0.4) is 0 Å². The van der Waals surface area contributed by atoms with E-state index >= 15 is 0 Å². The summed E-state index contributed by atoms with van der Waals surface area (Å²) in [6, 6.07) is 3.60. The van der Waals surface area contributed by atoms with Crippen LogP contribution in [0.25, 0.3) is 0 Å². The summed E-state index contributed by atoms with van der Waals surface area (Å²) in [5, 5.41) is 4.66. The Morgan fingerprint density at radius 3 is 2.46 bits per heavy atom. The predicted octanol–water partition coefficient (Wildman–Crippen LogP) is 2.01. The van der Waals surface area contributed by atoms with E-state index in [9.17, 15) is 18.8 Å². The number of likely N-dealkylation sites (N-methyl/N-ethyl adjacent to an activating group) is 1. The lowest BCUT2D eigenvalue weighted by Crippen LogP contribution is -2.43. The van der Waals surface area contributed by atoms with E-state index in [1.54, 1.807) is 13.8 Å². The minimum absolute atomic E-state index is 0.0754. The molecule has 0 aliphatic carbocycles. The zero-order chi connectivity index (χ0) is 18.1. The van der Waals surface area contributed by atoms with Gasteiger partial charge in [-0.3, -0.25) is 19.8 Å². The highest BCUT2D eigenvalue weighted by molar-refractivity contribution is 6.33. The second-order valence-corrected chi connectivity index (χ2v) is 5.15. The van der Waals surface area contributed by atoms with E-state index in [-0.39, 0.29) is 30.4 Å². The molecule has 7 nitrogen and oxygen atoms in total. The van der Waals surface area contributed by atoms with Crippen LogP contribution in [-0.2, 0) is 14.3 Å². The summed E-state index contributed by atoms with van der Waals surface area (Å²) in [6.45, 7) is 3.68. The first kappa shape index (κ1) is 19.9. The summed E-state index contributed by atoms with van der Waals surface area (Å²) in [5.41, 5.74) is 0.273. The first-order valence-electron chi connectivity index (χ1n) is 7.29. The molecule has 0 aliphatic rings. The molecule has 132 valence electrons. The van der Waals surface area contributed by atoms with Gasteiger partial charge in [0.25, 0.3) is 0 Å². The average molecular weight is 360 g/mol. The van der Waals surface area contributed by atoms with Crippen molar-refractivity contribution < 1.29 is 23.5 Å². The van der Waals surface area contributed by atoms with Crippen LogP contribution in [0.15, 0.2) is 18.2 Å². The van der Waals surface area contributed by atoms with Gasteiger partial charge in [0.05, 0.1) is 30.4 Å². The summed E-state index contributed by atoms with van der Waals surface area (Å²) < 4.78 is 17.6. The van der Waals surface area contributed by atoms with E-state index in [0.29, 0.717) is 6.54 Å². The molecule has 24 heavy (non-hydrogen) atoms. The highest BCUT2D eigenvalue weighted by Crippen LogP contribution is 2.22. The molecule has 0 aromatic heterocycles. The van der Waals surface area contributed by atoms with Gasteiger partial charge < -0.3 is 10.1 Å². The Hall–Kier alpha value is -2.19. The molecule has 0 spiro atoms. The number of nitrogens with one attached hydrogen (secondary N) is 2. The summed E-state index contributed by atoms with van der Waals surface area (Å²) in [6.07, 6.45) is -0.832. The van der Waals surface area contributed by atoms with Gasteiger partial charge in [-0.05, 0) is 31.7 Å². The van der Waals surface area contributed by atoms with Gasteiger partial charge >= 0.3 is 6.09 Å². The maximum atomic E-state index is 13.0. The minimum Gasteiger partial charge on any atom is -0.450 e. The molecule has 9 heteroatoms. The molecule has 2 N–H and O–H groups in total. The first-order chi connectivity index (χ1) is 11.3. The van der Waals surface area contributed by atoms with Crippen LogP contribution >= 0.6 is 11.6 Å². The lowest BCUT2D eigenvalue weighted by molar-refractivity contribution is -0.122. The van der Waals surface area contributed by atoms with Gasteiger partial charge in [-0.25, -0.2) is 9.18 Å². The van der Waals surface area contributed by atoms with E-state index in [4.69, 9.17) is 11.6 Å². The van der Waals surface area contributed by atoms with Crippen LogP contribution in [0.5, 0.6) is 0 Å². The zero-order valence-corrected chi connectivity index (χ0v) is 14.2. The lowest BCUT2D eigenvalue weighted by Gasteiger charge is -2.19. The average Bonchev–Trinajstić information content (AvgIpc) is 2.49. The number of halogens is 2. The van der Waals surface area contributed by atoms with Gasteiger partial charge in [-0.15, -0.1) is 0 Å². The molecule has 3 amide bonds. The van der Waals surface area contributed by atoms with E-state index in [0.717, 1.165) is 6.07 Å². The predicted molar refractivity (Wildman–Crippen MR) is 87.3 cm³/mol. The Kier molecular flexibility index (Phi) is 8.14. The molecule has 0 heterocycles. The highest BCUT2D eigenvalue weighted by atomic mass is 35.5. The van der Waals surface area contributed by atoms with Crippen LogP contribution < -0.4 is 10.6 Å². The quantitative estimate of drug-likeness (QED) is 0.777. The molecule has 0 radical (unpaired) electrons. The zero-order valence-electron chi connectivity index (χ0n) is 13.4. The number of benzene rings is 1. The second-order valence-electron chi connectivity index (χ2n) is 4.74. The van der Waals surface area contributed by atoms with E-state index in [1.165, 1.54) is 17.0 Å². The van der Waals surface area contributed by atoms with Crippen LogP contribution in [-0.4, -0.2) is 49.0 Å². The Bertz CT molecular complexity index is 612. The van der Waals surface area contributed by atoms with Crippen LogP contribution in [0.4, 0.5) is 14.9 Å². The van der Waals surface area contributed by atoms with Crippen molar-refractivity contribution in [2.45, 2.75) is 13.8 Å². The largest absolute Gasteiger partial charge is 0.450 e. The van der Waals surface area contributed by atoms with Crippen molar-refractivity contribution in [3.63, 3.8) is 0 Å². The van der Waals surface area contributed by atoms with Gasteiger partial charge in [-0.2, -0.15) is 0 Å². The van der Waals surface area contributed by atoms with E-state index in [1.807, 2.05) is 5.32 Å². The summed E-state index contributed by atoms with van der Waals surface area (Å²) in [4.78, 5) is 36.3. The molecule has 1 aromatic rings. The van der Waals surface area contributed by atoms with Crippen LogP contribution in [0.2, 0.25) is 5.02 Å². The Labute approximate surface area is 144 Å². The molecular weight excluding hydrogens is 341 g/mol. The van der Waals surface area contributed by atoms with Crippen molar-refractivity contribution in [1.29, 1.82) is 0 Å². The molecule has 0 aliphatic heterocycles. The lowest BCUT2D eigenvalue weighted by atomic mass is 10.3. The standard InChI is InChI=1S/C15H19ClFN3O4/c1-3-20(9-14(22)19-15(23)24-4-2)8-13(21)18-12-6-5-10(17)7-11(12)16/h5-7H,3-4,8-9H2,1-2H3,(H,18,21)(H,19,22,23). The monoisotopic (exact) mass is 359 g/mol. The number of ether oxygens (including phenoxy) is 1. The Morgan fingerprint density at radius 2 is 1.88 bits per heavy atom. The van der Waals surface area contributed by atoms with Crippen molar-refractivity contribution in [1.82, 2.24) is 10.2 Å². The SMILES string of the molecule is CCOC(=O)NC(=O)CN(CC)CC(=O)Nc1ccc(F)cc1Cl. The third kappa shape index (κ3) is 6.93. The maximum absolute atomic E-state index is 13.0. The van der Waals surface area contributed by atoms with Crippen LogP contribution in [0, 0.1) is 5.82 Å². The second kappa shape index (κ2) is 9.84. The fourth-order valence-electron chi connectivity index (χ4n) is 1.79. The third-order valence-corrected chi connectivity index (χ3v) is 3.22. The smallest absolute Gasteiger partial charge is 0.413 e. The highest BCUT2D eigenvalue weighted by Gasteiger charge is 2.16. The van der Waals surface area contributed by atoms with Gasteiger partial charge in [0.1, 0.15) is 5.82 Å². The number of imide groups is 1. The van der Waals surface area contributed by atoms with Crippen LogP contribution in [0.1, 0.15) is 13.8 Å². The van der Waals surface area contributed by atoms with Crippen molar-refractivity contribution >= 4 is 35.2 Å². The van der Waals surface area contributed by atoms with Crippen molar-refractivity contribution in [2.75, 3.05) is 31.6 Å². The molecule has 0 bridgehead atoms. The Balaban J connectivity index is 2.53. The maximum Gasteiger partial charge on any atom is 0.413 e. The number of rotatable bonds is 7. The number of anilines is 1. The van der Waals surface area contributed by atoms with E-state index < -0.39 is 23.7 Å². The molecule has 0 fully saturated rings. The van der Waals surface area contributed by atoms with E-state index in [2.05, 4.69) is 10.1 Å². The number of hydrogen-bond acceptors (Lipinski definition) is 5. The number of nitrogens with zero attached hydrogens (tertiary/aromatic N) is 1. The number of alkyl carbamates (subject to hydrolysis) is 1. The molecule has 0 saturated carbocycles. The summed E-state index contributed by atoms with van der Waals surface area (Å²) in [5.74, 6) is -1.51. The Morgan fingerprint density at radius 1 is 1.21 bits per heavy atom. The number of carbonyl (C=O) groups is 3. The topological polar surface area (TPSA) is 87.7 Å². The normalized spacial score (nSPS) is 10.4. The van der Waals surface area contributed by atoms with Crippen molar-refractivity contribution in [3.8, 4) is 0 Å². The number of amides is 3. The summed E-state index contributed by atoms with van der Waals surface area (Å²) in [7, 11) is 0.